The van der Waals surface area contributed by atoms with E-state index >= 15 is 0 Å². The van der Waals surface area contributed by atoms with Crippen molar-refractivity contribution >= 4 is 17.1 Å². The maximum atomic E-state index is 2.51. The third kappa shape index (κ3) is 3.33. The van der Waals surface area contributed by atoms with Crippen molar-refractivity contribution in [1.82, 2.24) is 0 Å². The minimum Gasteiger partial charge on any atom is -0.344 e. The van der Waals surface area contributed by atoms with Crippen LogP contribution in [0.25, 0.3) is 0 Å². The lowest BCUT2D eigenvalue weighted by Gasteiger charge is -2.21. The molecule has 2 aromatic carbocycles. The molecule has 2 aromatic rings. The Labute approximate surface area is 182 Å². The molecule has 0 bridgehead atoms. The molecule has 2 aliphatic rings. The molecule has 0 aliphatic carbocycles. The predicted molar refractivity (Wildman–Crippen MR) is 129 cm³/mol. The summed E-state index contributed by atoms with van der Waals surface area (Å²) in [6.45, 7) is 13.7. The van der Waals surface area contributed by atoms with Gasteiger partial charge in [0.25, 0.3) is 0 Å². The van der Waals surface area contributed by atoms with Crippen LogP contribution in [0.1, 0.15) is 64.5 Å². The highest BCUT2D eigenvalue weighted by molar-refractivity contribution is 6.03. The number of nitrogens with zero attached hydrogens (tertiary/aromatic N) is 2. The Bertz CT molecular complexity index is 1020. The fraction of sp³-hybridized carbons (Fsp3) is 0.393. The van der Waals surface area contributed by atoms with Crippen LogP contribution in [-0.4, -0.2) is 23.4 Å². The summed E-state index contributed by atoms with van der Waals surface area (Å²) in [5.41, 5.74) is 8.44. The zero-order chi connectivity index (χ0) is 21.3. The highest BCUT2D eigenvalue weighted by atomic mass is 15.2. The second kappa shape index (κ2) is 8.26. The second-order valence-electron chi connectivity index (χ2n) is 9.06. The number of benzene rings is 2. The maximum Gasteiger partial charge on any atom is 0.209 e. The van der Waals surface area contributed by atoms with Crippen molar-refractivity contribution in [2.75, 3.05) is 18.0 Å². The molecule has 0 spiro atoms. The van der Waals surface area contributed by atoms with Gasteiger partial charge in [0.05, 0.1) is 5.41 Å². The summed E-state index contributed by atoms with van der Waals surface area (Å²) in [6, 6.07) is 17.7. The molecule has 0 saturated heterocycles. The van der Waals surface area contributed by atoms with Crippen LogP contribution in [0, 0.1) is 0 Å². The lowest BCUT2D eigenvalue weighted by Crippen LogP contribution is -2.27. The molecule has 156 valence electrons. The first-order valence-corrected chi connectivity index (χ1v) is 11.5. The normalized spacial score (nSPS) is 21.0. The summed E-state index contributed by atoms with van der Waals surface area (Å²) in [5.74, 6) is 0.433. The third-order valence-electron chi connectivity index (χ3n) is 6.66. The van der Waals surface area contributed by atoms with Gasteiger partial charge in [-0.25, -0.2) is 0 Å². The Hall–Kier alpha value is -2.61. The van der Waals surface area contributed by atoms with E-state index in [1.165, 1.54) is 33.9 Å². The van der Waals surface area contributed by atoms with E-state index in [9.17, 15) is 0 Å². The fourth-order valence-electron chi connectivity index (χ4n) is 5.18. The third-order valence-corrected chi connectivity index (χ3v) is 6.66. The highest BCUT2D eigenvalue weighted by Crippen LogP contribution is 2.43. The number of anilines is 1. The fourth-order valence-corrected chi connectivity index (χ4v) is 5.18. The van der Waals surface area contributed by atoms with Crippen LogP contribution in [0.5, 0.6) is 0 Å². The van der Waals surface area contributed by atoms with E-state index < -0.39 is 0 Å². The molecular formula is C28H35N2+. The standard InChI is InChI=1S/C28H35N2/c1-6-19-29-24(21(3)22-13-8-10-15-25(22)29)17-12-18-27-28(4,5)23-14-9-11-16-26(23)30(27)20-7-2/h8-18,21H,6-7,19-20H2,1-5H3/q+1. The van der Waals surface area contributed by atoms with E-state index in [4.69, 9.17) is 0 Å². The van der Waals surface area contributed by atoms with Crippen LogP contribution in [0.3, 0.4) is 0 Å². The Kier molecular flexibility index (Phi) is 5.69. The van der Waals surface area contributed by atoms with E-state index in [1.807, 2.05) is 0 Å². The molecule has 1 unspecified atom stereocenters. The highest BCUT2D eigenvalue weighted by Gasteiger charge is 2.43. The van der Waals surface area contributed by atoms with Gasteiger partial charge in [-0.1, -0.05) is 63.2 Å². The van der Waals surface area contributed by atoms with Gasteiger partial charge in [-0.2, -0.15) is 4.58 Å². The summed E-state index contributed by atoms with van der Waals surface area (Å²) in [6.07, 6.45) is 9.26. The van der Waals surface area contributed by atoms with E-state index in [0.717, 1.165) is 25.9 Å². The summed E-state index contributed by atoms with van der Waals surface area (Å²) in [4.78, 5) is 2.51. The van der Waals surface area contributed by atoms with Gasteiger partial charge in [0.15, 0.2) is 5.71 Å². The lowest BCUT2D eigenvalue weighted by molar-refractivity contribution is -0.437. The summed E-state index contributed by atoms with van der Waals surface area (Å²) in [5, 5.41) is 0. The van der Waals surface area contributed by atoms with Crippen molar-refractivity contribution in [2.45, 2.75) is 58.8 Å². The van der Waals surface area contributed by atoms with Crippen molar-refractivity contribution in [3.63, 3.8) is 0 Å². The van der Waals surface area contributed by atoms with Gasteiger partial charge in [0.1, 0.15) is 6.54 Å². The molecule has 2 nitrogen and oxygen atoms in total. The number of hydrogen-bond donors (Lipinski definition) is 0. The average molecular weight is 400 g/mol. The zero-order valence-electron chi connectivity index (χ0n) is 19.2. The van der Waals surface area contributed by atoms with Crippen LogP contribution in [0.2, 0.25) is 0 Å². The van der Waals surface area contributed by atoms with Crippen LogP contribution in [0.15, 0.2) is 72.5 Å². The maximum absolute atomic E-state index is 2.51. The number of rotatable bonds is 6. The first kappa shape index (κ1) is 20.7. The molecule has 0 radical (unpaired) electrons. The Morgan fingerprint density at radius 3 is 2.50 bits per heavy atom. The van der Waals surface area contributed by atoms with Gasteiger partial charge >= 0.3 is 0 Å². The molecule has 0 N–H and O–H groups in total. The average Bonchev–Trinajstić information content (AvgIpc) is 3.13. The van der Waals surface area contributed by atoms with Crippen molar-refractivity contribution in [2.24, 2.45) is 0 Å². The molecule has 0 aromatic heterocycles. The van der Waals surface area contributed by atoms with Gasteiger partial charge in [-0.3, -0.25) is 0 Å². The molecule has 2 heterocycles. The van der Waals surface area contributed by atoms with E-state index in [2.05, 4.69) is 111 Å². The number of para-hydroxylation sites is 2. The summed E-state index contributed by atoms with van der Waals surface area (Å²) in [7, 11) is 0. The van der Waals surface area contributed by atoms with E-state index in [-0.39, 0.29) is 5.41 Å². The van der Waals surface area contributed by atoms with Gasteiger partial charge in [-0.05, 0) is 38.0 Å². The summed E-state index contributed by atoms with van der Waals surface area (Å²) >= 11 is 0. The monoisotopic (exact) mass is 399 g/mol. The van der Waals surface area contributed by atoms with Gasteiger partial charge < -0.3 is 4.90 Å². The second-order valence-corrected chi connectivity index (χ2v) is 9.06. The molecule has 2 aliphatic heterocycles. The van der Waals surface area contributed by atoms with Gasteiger partial charge in [0.2, 0.25) is 5.69 Å². The van der Waals surface area contributed by atoms with Gasteiger partial charge in [0, 0.05) is 48.0 Å². The van der Waals surface area contributed by atoms with E-state index in [1.54, 1.807) is 0 Å². The van der Waals surface area contributed by atoms with Crippen molar-refractivity contribution in [3.05, 3.63) is 83.6 Å². The quantitative estimate of drug-likeness (QED) is 0.477. The smallest absolute Gasteiger partial charge is 0.209 e. The van der Waals surface area contributed by atoms with Crippen molar-refractivity contribution in [3.8, 4) is 0 Å². The van der Waals surface area contributed by atoms with Gasteiger partial charge in [-0.15, -0.1) is 0 Å². The Morgan fingerprint density at radius 2 is 1.73 bits per heavy atom. The molecule has 30 heavy (non-hydrogen) atoms. The van der Waals surface area contributed by atoms with Crippen LogP contribution >= 0.6 is 0 Å². The molecule has 2 heteroatoms. The number of allylic oxidation sites excluding steroid dienone is 4. The number of fused-ring (bicyclic) bond motifs is 2. The molecule has 0 fully saturated rings. The Balaban J connectivity index is 1.71. The van der Waals surface area contributed by atoms with Crippen molar-refractivity contribution in [1.29, 1.82) is 0 Å². The molecule has 1 atom stereocenters. The minimum absolute atomic E-state index is 0.0220. The largest absolute Gasteiger partial charge is 0.344 e. The topological polar surface area (TPSA) is 6.25 Å². The minimum atomic E-state index is 0.0220. The molecule has 4 rings (SSSR count). The zero-order valence-corrected chi connectivity index (χ0v) is 19.2. The first-order valence-electron chi connectivity index (χ1n) is 11.5. The number of hydrogen-bond acceptors (Lipinski definition) is 1. The van der Waals surface area contributed by atoms with Crippen LogP contribution in [-0.2, 0) is 5.41 Å². The lowest BCUT2D eigenvalue weighted by atomic mass is 9.81. The van der Waals surface area contributed by atoms with E-state index in [0.29, 0.717) is 5.92 Å². The van der Waals surface area contributed by atoms with Crippen LogP contribution < -0.4 is 4.90 Å². The van der Waals surface area contributed by atoms with Crippen molar-refractivity contribution < 1.29 is 4.58 Å². The predicted octanol–water partition coefficient (Wildman–Crippen LogP) is 6.95. The molecule has 0 amide bonds. The Morgan fingerprint density at radius 1 is 1.00 bits per heavy atom. The molecule has 0 saturated carbocycles. The molecular weight excluding hydrogens is 364 g/mol. The summed E-state index contributed by atoms with van der Waals surface area (Å²) < 4.78 is 2.51. The first-order chi connectivity index (χ1) is 14.5. The van der Waals surface area contributed by atoms with Crippen LogP contribution in [0.4, 0.5) is 11.4 Å². The SMILES string of the molecule is CCCN1C(=CC=CC2=[N+](CCC)c3ccccc3C2(C)C)C(C)c2ccccc21.